The van der Waals surface area contributed by atoms with E-state index in [-0.39, 0.29) is 24.0 Å². The van der Waals surface area contributed by atoms with Gasteiger partial charge in [0.15, 0.2) is 5.96 Å². The Labute approximate surface area is 154 Å². The first-order valence-corrected chi connectivity index (χ1v) is 7.14. The van der Waals surface area contributed by atoms with Gasteiger partial charge in [0.1, 0.15) is 5.75 Å². The molecule has 7 heteroatoms. The van der Waals surface area contributed by atoms with Crippen molar-refractivity contribution in [2.24, 2.45) is 12.0 Å². The Morgan fingerprint density at radius 2 is 2.00 bits per heavy atom. The molecule has 1 heterocycles. The predicted molar refractivity (Wildman–Crippen MR) is 103 cm³/mol. The molecule has 0 saturated heterocycles. The van der Waals surface area contributed by atoms with Crippen molar-refractivity contribution in [3.63, 3.8) is 0 Å². The van der Waals surface area contributed by atoms with Crippen molar-refractivity contribution < 1.29 is 4.74 Å². The number of rotatable bonds is 5. The molecule has 0 spiro atoms. The highest BCUT2D eigenvalue weighted by Gasteiger charge is 2.07. The molecule has 0 radical (unpaired) electrons. The minimum Gasteiger partial charge on any atom is -0.497 e. The van der Waals surface area contributed by atoms with Gasteiger partial charge in [-0.3, -0.25) is 9.67 Å². The predicted octanol–water partition coefficient (Wildman–Crippen LogP) is 2.25. The summed E-state index contributed by atoms with van der Waals surface area (Å²) in [5.74, 6) is 1.71. The van der Waals surface area contributed by atoms with Gasteiger partial charge >= 0.3 is 0 Å². The lowest BCUT2D eigenvalue weighted by Gasteiger charge is -2.22. The fourth-order valence-corrected chi connectivity index (χ4v) is 2.21. The molecule has 0 aliphatic heterocycles. The van der Waals surface area contributed by atoms with Crippen molar-refractivity contribution in [1.82, 2.24) is 20.0 Å². The van der Waals surface area contributed by atoms with Gasteiger partial charge in [-0.15, -0.1) is 24.0 Å². The fraction of sp³-hybridized carbons (Fsp3) is 0.375. The first-order chi connectivity index (χ1) is 10.6. The Morgan fingerprint density at radius 3 is 2.52 bits per heavy atom. The molecule has 1 aromatic heterocycles. The number of nitrogens with zero attached hydrogens (tertiary/aromatic N) is 4. The molecule has 6 nitrogen and oxygen atoms in total. The quantitative estimate of drug-likeness (QED) is 0.450. The van der Waals surface area contributed by atoms with Crippen molar-refractivity contribution in [2.45, 2.75) is 13.1 Å². The van der Waals surface area contributed by atoms with E-state index in [9.17, 15) is 0 Å². The van der Waals surface area contributed by atoms with E-state index < -0.39 is 0 Å². The Balaban J connectivity index is 0.00000264. The van der Waals surface area contributed by atoms with Gasteiger partial charge in [-0.25, -0.2) is 0 Å². The summed E-state index contributed by atoms with van der Waals surface area (Å²) in [5.41, 5.74) is 2.33. The van der Waals surface area contributed by atoms with Gasteiger partial charge in [0.2, 0.25) is 0 Å². The molecule has 126 valence electrons. The molecule has 0 aliphatic rings. The first kappa shape index (κ1) is 19.3. The number of aliphatic imine (C=N–C) groups is 1. The fourth-order valence-electron chi connectivity index (χ4n) is 2.21. The molecule has 0 saturated carbocycles. The maximum Gasteiger partial charge on any atom is 0.193 e. The van der Waals surface area contributed by atoms with Gasteiger partial charge in [-0.1, -0.05) is 12.1 Å². The van der Waals surface area contributed by atoms with Gasteiger partial charge in [0.05, 0.1) is 13.3 Å². The lowest BCUT2D eigenvalue weighted by atomic mass is 10.2. The molecule has 1 aromatic carbocycles. The smallest absolute Gasteiger partial charge is 0.193 e. The lowest BCUT2D eigenvalue weighted by Crippen LogP contribution is -2.37. The lowest BCUT2D eigenvalue weighted by molar-refractivity contribution is 0.414. The summed E-state index contributed by atoms with van der Waals surface area (Å²) in [6, 6.07) is 8.05. The molecular formula is C16H24IN5O. The minimum atomic E-state index is 0. The summed E-state index contributed by atoms with van der Waals surface area (Å²) in [5, 5.41) is 7.50. The van der Waals surface area contributed by atoms with Crippen LogP contribution < -0.4 is 10.1 Å². The average Bonchev–Trinajstić information content (AvgIpc) is 2.94. The molecule has 0 amide bonds. The van der Waals surface area contributed by atoms with Crippen LogP contribution in [0.25, 0.3) is 0 Å². The normalized spacial score (nSPS) is 10.9. The minimum absolute atomic E-state index is 0. The van der Waals surface area contributed by atoms with Gasteiger partial charge in [-0.05, 0) is 17.7 Å². The zero-order chi connectivity index (χ0) is 15.9. The number of hydrogen-bond donors (Lipinski definition) is 1. The van der Waals surface area contributed by atoms with E-state index >= 15 is 0 Å². The van der Waals surface area contributed by atoms with Gasteiger partial charge in [-0.2, -0.15) is 5.10 Å². The third-order valence-electron chi connectivity index (χ3n) is 3.36. The van der Waals surface area contributed by atoms with Crippen molar-refractivity contribution in [3.8, 4) is 5.75 Å². The summed E-state index contributed by atoms with van der Waals surface area (Å²) in [6.45, 7) is 1.48. The molecule has 0 bridgehead atoms. The maximum absolute atomic E-state index is 5.17. The number of halogens is 1. The van der Waals surface area contributed by atoms with Crippen LogP contribution in [0.2, 0.25) is 0 Å². The highest BCUT2D eigenvalue weighted by Crippen LogP contribution is 2.12. The number of methoxy groups -OCH3 is 1. The van der Waals surface area contributed by atoms with Gasteiger partial charge < -0.3 is 15.0 Å². The van der Waals surface area contributed by atoms with Crippen molar-refractivity contribution in [1.29, 1.82) is 0 Å². The number of benzene rings is 1. The number of hydrogen-bond acceptors (Lipinski definition) is 3. The Morgan fingerprint density at radius 1 is 1.30 bits per heavy atom. The first-order valence-electron chi connectivity index (χ1n) is 7.14. The zero-order valence-electron chi connectivity index (χ0n) is 14.0. The summed E-state index contributed by atoms with van der Waals surface area (Å²) < 4.78 is 6.97. The molecule has 23 heavy (non-hydrogen) atoms. The number of nitrogens with one attached hydrogen (secondary N) is 1. The van der Waals surface area contributed by atoms with Crippen molar-refractivity contribution in [3.05, 3.63) is 47.8 Å². The highest BCUT2D eigenvalue weighted by atomic mass is 127. The molecule has 0 aliphatic carbocycles. The van der Waals surface area contributed by atoms with Crippen LogP contribution in [0.5, 0.6) is 5.75 Å². The summed E-state index contributed by atoms with van der Waals surface area (Å²) in [4.78, 5) is 6.40. The second-order valence-corrected chi connectivity index (χ2v) is 5.13. The van der Waals surface area contributed by atoms with Gasteiger partial charge in [0.25, 0.3) is 0 Å². The molecule has 0 atom stereocenters. The van der Waals surface area contributed by atoms with E-state index in [0.717, 1.165) is 23.8 Å². The third-order valence-corrected chi connectivity index (χ3v) is 3.36. The van der Waals surface area contributed by atoms with E-state index in [1.165, 1.54) is 5.56 Å². The molecular weight excluding hydrogens is 405 g/mol. The molecule has 2 aromatic rings. The second kappa shape index (κ2) is 9.39. The van der Waals surface area contributed by atoms with E-state index in [1.807, 2.05) is 38.6 Å². The number of guanidine groups is 1. The Hall–Kier alpha value is -1.77. The van der Waals surface area contributed by atoms with Crippen LogP contribution in [-0.4, -0.2) is 41.8 Å². The van der Waals surface area contributed by atoms with Crippen LogP contribution in [-0.2, 0) is 20.1 Å². The largest absolute Gasteiger partial charge is 0.497 e. The van der Waals surface area contributed by atoms with Crippen LogP contribution >= 0.6 is 24.0 Å². The topological polar surface area (TPSA) is 54.7 Å². The number of aryl methyl sites for hydroxylation is 1. The molecule has 2 rings (SSSR count). The standard InChI is InChI=1S/C16H23N5O.HI/c1-17-16(18-9-14-10-19-21(3)12-14)20(2)11-13-5-7-15(22-4)8-6-13;/h5-8,10,12H,9,11H2,1-4H3,(H,17,18);1H. The van der Waals surface area contributed by atoms with Crippen LogP contribution in [0.3, 0.4) is 0 Å². The summed E-state index contributed by atoms with van der Waals surface area (Å²) in [6.07, 6.45) is 3.84. The number of aromatic nitrogens is 2. The summed E-state index contributed by atoms with van der Waals surface area (Å²) in [7, 11) is 7.39. The van der Waals surface area contributed by atoms with E-state index in [2.05, 4.69) is 32.4 Å². The summed E-state index contributed by atoms with van der Waals surface area (Å²) >= 11 is 0. The molecule has 0 unspecified atom stereocenters. The van der Waals surface area contributed by atoms with Crippen LogP contribution in [0.1, 0.15) is 11.1 Å². The van der Waals surface area contributed by atoms with Crippen molar-refractivity contribution >= 4 is 29.9 Å². The van der Waals surface area contributed by atoms with E-state index in [4.69, 9.17) is 4.74 Å². The van der Waals surface area contributed by atoms with Crippen LogP contribution in [0.15, 0.2) is 41.7 Å². The maximum atomic E-state index is 5.17. The third kappa shape index (κ3) is 5.74. The Kier molecular flexibility index (Phi) is 7.87. The van der Waals surface area contributed by atoms with Crippen LogP contribution in [0.4, 0.5) is 0 Å². The van der Waals surface area contributed by atoms with Crippen molar-refractivity contribution in [2.75, 3.05) is 21.2 Å². The van der Waals surface area contributed by atoms with E-state index in [1.54, 1.807) is 18.8 Å². The highest BCUT2D eigenvalue weighted by molar-refractivity contribution is 14.0. The van der Waals surface area contributed by atoms with Crippen LogP contribution in [0, 0.1) is 0 Å². The SMILES string of the molecule is CN=C(NCc1cnn(C)c1)N(C)Cc1ccc(OC)cc1.I. The zero-order valence-corrected chi connectivity index (χ0v) is 16.3. The average molecular weight is 429 g/mol. The monoisotopic (exact) mass is 429 g/mol. The Bertz CT molecular complexity index is 624. The molecule has 0 fully saturated rings. The van der Waals surface area contributed by atoms with E-state index in [0.29, 0.717) is 6.54 Å². The number of ether oxygens (including phenoxy) is 1. The van der Waals surface area contributed by atoms with Gasteiger partial charge in [0, 0.05) is 46.0 Å². The second-order valence-electron chi connectivity index (χ2n) is 5.13. The molecule has 1 N–H and O–H groups in total.